The third kappa shape index (κ3) is 4.62. The van der Waals surface area contributed by atoms with E-state index < -0.39 is 0 Å². The van der Waals surface area contributed by atoms with E-state index in [1.165, 1.54) is 25.7 Å². The Balaban J connectivity index is 1.43. The second-order valence-electron chi connectivity index (χ2n) is 7.52. The minimum Gasteiger partial charge on any atom is -0.355 e. The first-order valence-corrected chi connectivity index (χ1v) is 10.3. The number of nitrogens with zero attached hydrogens (tertiary/aromatic N) is 3. The Labute approximate surface area is 171 Å². The number of amides is 1. The van der Waals surface area contributed by atoms with Crippen molar-refractivity contribution >= 4 is 17.4 Å². The first kappa shape index (κ1) is 19.1. The van der Waals surface area contributed by atoms with Gasteiger partial charge in [0.15, 0.2) is 5.82 Å². The molecule has 0 radical (unpaired) electrons. The first-order chi connectivity index (χ1) is 14.2. The monoisotopic (exact) mass is 386 g/mol. The lowest BCUT2D eigenvalue weighted by Gasteiger charge is -2.20. The number of hydrogen-bond acceptors (Lipinski definition) is 4. The predicted molar refractivity (Wildman–Crippen MR) is 117 cm³/mol. The van der Waals surface area contributed by atoms with Gasteiger partial charge in [-0.1, -0.05) is 43.2 Å². The van der Waals surface area contributed by atoms with Gasteiger partial charge in [-0.15, -0.1) is 10.2 Å². The topological polar surface area (TPSA) is 58.1 Å². The molecule has 5 heteroatoms. The first-order valence-electron chi connectivity index (χ1n) is 10.3. The molecule has 1 fully saturated rings. The molecule has 1 N–H and O–H groups in total. The third-order valence-electron chi connectivity index (χ3n) is 5.41. The Hall–Kier alpha value is -3.21. The Morgan fingerprint density at radius 2 is 1.59 bits per heavy atom. The van der Waals surface area contributed by atoms with Crippen LogP contribution in [0.3, 0.4) is 0 Å². The highest BCUT2D eigenvalue weighted by Crippen LogP contribution is 2.22. The van der Waals surface area contributed by atoms with Crippen LogP contribution in [-0.2, 0) is 0 Å². The molecule has 0 spiro atoms. The highest BCUT2D eigenvalue weighted by atomic mass is 16.1. The normalized spacial score (nSPS) is 14.3. The van der Waals surface area contributed by atoms with Crippen molar-refractivity contribution in [2.45, 2.75) is 32.6 Å². The molecule has 2 heterocycles. The molecule has 1 amide bonds. The quantitative estimate of drug-likeness (QED) is 0.679. The van der Waals surface area contributed by atoms with E-state index in [4.69, 9.17) is 0 Å². The zero-order valence-corrected chi connectivity index (χ0v) is 16.8. The minimum absolute atomic E-state index is 0.0996. The number of nitrogens with one attached hydrogen (secondary N) is 1. The summed E-state index contributed by atoms with van der Waals surface area (Å²) in [5.41, 5.74) is 4.22. The van der Waals surface area contributed by atoms with Crippen LogP contribution in [0.1, 0.15) is 41.6 Å². The number of carbonyl (C=O) groups is 1. The summed E-state index contributed by atoms with van der Waals surface area (Å²) in [5, 5.41) is 11.8. The Bertz CT molecular complexity index is 959. The van der Waals surface area contributed by atoms with Crippen LogP contribution in [0, 0.1) is 6.92 Å². The Kier molecular flexibility index (Phi) is 5.84. The molecule has 0 aliphatic carbocycles. The molecule has 5 nitrogen and oxygen atoms in total. The van der Waals surface area contributed by atoms with Crippen LogP contribution in [0.2, 0.25) is 0 Å². The van der Waals surface area contributed by atoms with Crippen molar-refractivity contribution in [3.63, 3.8) is 0 Å². The molecule has 148 valence electrons. The SMILES string of the molecule is Cc1ccccc1C(=O)Nc1ccc(-c2ccc(N3CCCCCC3)nn2)cc1. The fourth-order valence-electron chi connectivity index (χ4n) is 3.70. The van der Waals surface area contributed by atoms with Gasteiger partial charge in [-0.2, -0.15) is 0 Å². The molecule has 29 heavy (non-hydrogen) atoms. The summed E-state index contributed by atoms with van der Waals surface area (Å²) >= 11 is 0. The van der Waals surface area contributed by atoms with E-state index in [1.807, 2.05) is 61.5 Å². The van der Waals surface area contributed by atoms with Gasteiger partial charge < -0.3 is 10.2 Å². The summed E-state index contributed by atoms with van der Waals surface area (Å²) in [5.74, 6) is 0.857. The number of carbonyl (C=O) groups excluding carboxylic acids is 1. The fraction of sp³-hybridized carbons (Fsp3) is 0.292. The summed E-state index contributed by atoms with van der Waals surface area (Å²) in [4.78, 5) is 14.8. The standard InChI is InChI=1S/C24H26N4O/c1-18-8-4-5-9-21(18)24(29)25-20-12-10-19(11-13-20)22-14-15-23(27-26-22)28-16-6-2-3-7-17-28/h4-5,8-15H,2-3,6-7,16-17H2,1H3,(H,25,29). The van der Waals surface area contributed by atoms with E-state index >= 15 is 0 Å². The fourth-order valence-corrected chi connectivity index (χ4v) is 3.70. The van der Waals surface area contributed by atoms with E-state index in [9.17, 15) is 4.79 Å². The number of anilines is 2. The molecule has 4 rings (SSSR count). The smallest absolute Gasteiger partial charge is 0.255 e. The van der Waals surface area contributed by atoms with Gasteiger partial charge in [0.2, 0.25) is 0 Å². The molecule has 1 saturated heterocycles. The maximum atomic E-state index is 12.5. The number of benzene rings is 2. The van der Waals surface area contributed by atoms with E-state index in [-0.39, 0.29) is 5.91 Å². The van der Waals surface area contributed by atoms with E-state index in [0.29, 0.717) is 5.56 Å². The summed E-state index contributed by atoms with van der Waals surface area (Å²) in [7, 11) is 0. The summed E-state index contributed by atoms with van der Waals surface area (Å²) in [6.07, 6.45) is 5.04. The highest BCUT2D eigenvalue weighted by molar-refractivity contribution is 6.05. The van der Waals surface area contributed by atoms with Gasteiger partial charge in [-0.05, 0) is 55.7 Å². The number of aryl methyl sites for hydroxylation is 1. The molecule has 1 aliphatic heterocycles. The van der Waals surface area contributed by atoms with Gasteiger partial charge in [0.05, 0.1) is 5.69 Å². The van der Waals surface area contributed by atoms with Gasteiger partial charge >= 0.3 is 0 Å². The minimum atomic E-state index is -0.0996. The second kappa shape index (κ2) is 8.86. The van der Waals surface area contributed by atoms with E-state index in [0.717, 1.165) is 41.4 Å². The zero-order chi connectivity index (χ0) is 20.1. The predicted octanol–water partition coefficient (Wildman–Crippen LogP) is 5.08. The largest absolute Gasteiger partial charge is 0.355 e. The van der Waals surface area contributed by atoms with Crippen molar-refractivity contribution in [1.82, 2.24) is 10.2 Å². The molecule has 0 unspecified atom stereocenters. The number of aromatic nitrogens is 2. The summed E-state index contributed by atoms with van der Waals surface area (Å²) in [6.45, 7) is 4.05. The van der Waals surface area contributed by atoms with Crippen molar-refractivity contribution in [3.8, 4) is 11.3 Å². The molecule has 0 saturated carbocycles. The van der Waals surface area contributed by atoms with Crippen molar-refractivity contribution in [1.29, 1.82) is 0 Å². The van der Waals surface area contributed by atoms with Crippen LogP contribution in [0.4, 0.5) is 11.5 Å². The Morgan fingerprint density at radius 1 is 0.862 bits per heavy atom. The van der Waals surface area contributed by atoms with Crippen LogP contribution in [0.15, 0.2) is 60.7 Å². The lowest BCUT2D eigenvalue weighted by molar-refractivity contribution is 0.102. The molecular weight excluding hydrogens is 360 g/mol. The molecule has 1 aliphatic rings. The number of rotatable bonds is 4. The van der Waals surface area contributed by atoms with Crippen LogP contribution >= 0.6 is 0 Å². The van der Waals surface area contributed by atoms with E-state index in [1.54, 1.807) is 0 Å². The van der Waals surface area contributed by atoms with Gasteiger partial charge in [0.25, 0.3) is 5.91 Å². The number of hydrogen-bond donors (Lipinski definition) is 1. The third-order valence-corrected chi connectivity index (χ3v) is 5.41. The van der Waals surface area contributed by atoms with Crippen molar-refractivity contribution in [2.24, 2.45) is 0 Å². The average molecular weight is 386 g/mol. The van der Waals surface area contributed by atoms with Crippen molar-refractivity contribution in [3.05, 3.63) is 71.8 Å². The van der Waals surface area contributed by atoms with Crippen molar-refractivity contribution < 1.29 is 4.79 Å². The lowest BCUT2D eigenvalue weighted by atomic mass is 10.1. The summed E-state index contributed by atoms with van der Waals surface area (Å²) < 4.78 is 0. The zero-order valence-electron chi connectivity index (χ0n) is 16.8. The van der Waals surface area contributed by atoms with Gasteiger partial charge in [0, 0.05) is 29.9 Å². The Morgan fingerprint density at radius 3 is 2.24 bits per heavy atom. The lowest BCUT2D eigenvalue weighted by Crippen LogP contribution is -2.25. The van der Waals surface area contributed by atoms with Crippen molar-refractivity contribution in [2.75, 3.05) is 23.3 Å². The highest BCUT2D eigenvalue weighted by Gasteiger charge is 2.12. The molecule has 1 aromatic heterocycles. The maximum absolute atomic E-state index is 12.5. The van der Waals surface area contributed by atoms with Crippen LogP contribution in [0.5, 0.6) is 0 Å². The molecular formula is C24H26N4O. The summed E-state index contributed by atoms with van der Waals surface area (Å²) in [6, 6.07) is 19.4. The van der Waals surface area contributed by atoms with Gasteiger partial charge in [-0.25, -0.2) is 0 Å². The second-order valence-corrected chi connectivity index (χ2v) is 7.52. The molecule has 0 bridgehead atoms. The van der Waals surface area contributed by atoms with Crippen LogP contribution < -0.4 is 10.2 Å². The molecule has 0 atom stereocenters. The average Bonchev–Trinajstić information content (AvgIpc) is 3.04. The van der Waals surface area contributed by atoms with Crippen LogP contribution in [0.25, 0.3) is 11.3 Å². The van der Waals surface area contributed by atoms with Crippen LogP contribution in [-0.4, -0.2) is 29.2 Å². The van der Waals surface area contributed by atoms with E-state index in [2.05, 4.69) is 26.5 Å². The van der Waals surface area contributed by atoms with Gasteiger partial charge in [-0.3, -0.25) is 4.79 Å². The van der Waals surface area contributed by atoms with Gasteiger partial charge in [0.1, 0.15) is 0 Å². The molecule has 3 aromatic rings. The maximum Gasteiger partial charge on any atom is 0.255 e. The molecule has 2 aromatic carbocycles.